The van der Waals surface area contributed by atoms with Crippen LogP contribution >= 0.6 is 11.6 Å². The number of hydrogen-bond acceptors (Lipinski definition) is 1. The van der Waals surface area contributed by atoms with Gasteiger partial charge in [-0.15, -0.1) is 0 Å². The van der Waals surface area contributed by atoms with Gasteiger partial charge in [-0.05, 0) is 30.5 Å². The summed E-state index contributed by atoms with van der Waals surface area (Å²) in [4.78, 5) is 12.4. The molecule has 0 aliphatic carbocycles. The van der Waals surface area contributed by atoms with E-state index in [1.807, 2.05) is 26.8 Å². The van der Waals surface area contributed by atoms with E-state index >= 15 is 0 Å². The van der Waals surface area contributed by atoms with Crippen LogP contribution in [0.1, 0.15) is 49.6 Å². The van der Waals surface area contributed by atoms with Gasteiger partial charge in [-0.25, -0.2) is 0 Å². The largest absolute Gasteiger partial charge is 0.308 e. The Hall–Kier alpha value is -1.80. The van der Waals surface area contributed by atoms with E-state index in [1.54, 1.807) is 4.57 Å². The molecule has 2 nitrogen and oxygen atoms in total. The van der Waals surface area contributed by atoms with E-state index in [2.05, 4.69) is 37.8 Å². The topological polar surface area (TPSA) is 22.0 Å². The van der Waals surface area contributed by atoms with Gasteiger partial charge in [0.15, 0.2) is 0 Å². The Morgan fingerprint density at radius 2 is 1.74 bits per heavy atom. The second-order valence-electron chi connectivity index (χ2n) is 5.21. The van der Waals surface area contributed by atoms with E-state index in [9.17, 15) is 4.79 Å². The van der Waals surface area contributed by atoms with E-state index in [-0.39, 0.29) is 5.56 Å². The van der Waals surface area contributed by atoms with Gasteiger partial charge in [0.2, 0.25) is 0 Å². The van der Waals surface area contributed by atoms with E-state index in [0.717, 1.165) is 24.1 Å². The smallest absolute Gasteiger partial charge is 0.259 e. The van der Waals surface area contributed by atoms with Crippen molar-refractivity contribution in [1.29, 1.82) is 0 Å². The minimum absolute atomic E-state index is 0.0902. The lowest BCUT2D eigenvalue weighted by atomic mass is 10.1. The second-order valence-corrected chi connectivity index (χ2v) is 5.62. The third-order valence-electron chi connectivity index (χ3n) is 3.60. The highest BCUT2D eigenvalue weighted by Gasteiger charge is 2.09. The molecule has 3 heteroatoms. The number of pyridine rings is 1. The predicted octanol–water partition coefficient (Wildman–Crippen LogP) is 5.48. The molecular formula is C20H26ClNO. The molecule has 0 atom stereocenters. The van der Waals surface area contributed by atoms with Crippen LogP contribution < -0.4 is 5.56 Å². The van der Waals surface area contributed by atoms with Crippen LogP contribution in [-0.2, 0) is 13.0 Å². The molecule has 0 saturated heterocycles. The number of benzene rings is 1. The zero-order valence-corrected chi connectivity index (χ0v) is 15.3. The lowest BCUT2D eigenvalue weighted by Gasteiger charge is -2.12. The van der Waals surface area contributed by atoms with Crippen molar-refractivity contribution in [3.05, 3.63) is 74.7 Å². The van der Waals surface area contributed by atoms with Crippen LogP contribution in [0.2, 0.25) is 5.02 Å². The van der Waals surface area contributed by atoms with Crippen LogP contribution in [0.15, 0.2) is 41.7 Å². The first-order valence-electron chi connectivity index (χ1n) is 8.17. The van der Waals surface area contributed by atoms with Crippen LogP contribution in [0.25, 0.3) is 6.08 Å². The standard InChI is InChI=1S/C18H20ClNO.C2H6/c1-4-6-14-7-9-15(10-8-14)12-20-13(3)11-17(19)16(5-2)18(20)21;1-2/h5,7-11H,2,4,6,12H2,1,3H3;1-2H3. The molecule has 0 bridgehead atoms. The van der Waals surface area contributed by atoms with Crippen molar-refractivity contribution in [1.82, 2.24) is 4.57 Å². The molecule has 23 heavy (non-hydrogen) atoms. The molecule has 0 radical (unpaired) electrons. The maximum Gasteiger partial charge on any atom is 0.259 e. The molecule has 0 spiro atoms. The summed E-state index contributed by atoms with van der Waals surface area (Å²) in [6, 6.07) is 10.2. The van der Waals surface area contributed by atoms with Gasteiger partial charge in [-0.3, -0.25) is 4.79 Å². The van der Waals surface area contributed by atoms with Gasteiger partial charge in [-0.1, -0.05) is 75.7 Å². The minimum atomic E-state index is -0.0902. The van der Waals surface area contributed by atoms with Gasteiger partial charge < -0.3 is 4.57 Å². The highest BCUT2D eigenvalue weighted by atomic mass is 35.5. The molecule has 1 aromatic heterocycles. The number of hydrogen-bond donors (Lipinski definition) is 0. The molecule has 0 aliphatic heterocycles. The van der Waals surface area contributed by atoms with Gasteiger partial charge in [0.1, 0.15) is 0 Å². The summed E-state index contributed by atoms with van der Waals surface area (Å²) in [6.45, 7) is 12.3. The van der Waals surface area contributed by atoms with Crippen LogP contribution in [0, 0.1) is 6.92 Å². The summed E-state index contributed by atoms with van der Waals surface area (Å²) in [7, 11) is 0. The average Bonchev–Trinajstić information content (AvgIpc) is 2.55. The Morgan fingerprint density at radius 1 is 1.17 bits per heavy atom. The fourth-order valence-corrected chi connectivity index (χ4v) is 2.73. The normalized spacial score (nSPS) is 9.96. The Kier molecular flexibility index (Phi) is 7.84. The molecule has 0 saturated carbocycles. The molecule has 0 amide bonds. The molecule has 0 N–H and O–H groups in total. The van der Waals surface area contributed by atoms with Crippen molar-refractivity contribution in [2.45, 2.75) is 47.1 Å². The molecule has 2 rings (SSSR count). The lowest BCUT2D eigenvalue weighted by molar-refractivity contribution is 0.727. The zero-order valence-electron chi connectivity index (χ0n) is 14.5. The zero-order chi connectivity index (χ0) is 17.4. The number of nitrogens with zero attached hydrogens (tertiary/aromatic N) is 1. The van der Waals surface area contributed by atoms with E-state index in [1.165, 1.54) is 11.6 Å². The van der Waals surface area contributed by atoms with Crippen molar-refractivity contribution in [2.24, 2.45) is 0 Å². The summed E-state index contributed by atoms with van der Waals surface area (Å²) in [6.07, 6.45) is 3.74. The van der Waals surface area contributed by atoms with Crippen LogP contribution in [0.5, 0.6) is 0 Å². The average molecular weight is 332 g/mol. The van der Waals surface area contributed by atoms with Gasteiger partial charge >= 0.3 is 0 Å². The first-order chi connectivity index (χ1) is 11.1. The summed E-state index contributed by atoms with van der Waals surface area (Å²) in [5.41, 5.74) is 3.66. The third-order valence-corrected chi connectivity index (χ3v) is 3.91. The number of aromatic nitrogens is 1. The maximum atomic E-state index is 12.4. The van der Waals surface area contributed by atoms with E-state index < -0.39 is 0 Å². The number of aryl methyl sites for hydroxylation is 2. The van der Waals surface area contributed by atoms with Crippen LogP contribution in [0.3, 0.4) is 0 Å². The van der Waals surface area contributed by atoms with Crippen molar-refractivity contribution in [3.63, 3.8) is 0 Å². The van der Waals surface area contributed by atoms with Gasteiger partial charge in [0.25, 0.3) is 5.56 Å². The highest BCUT2D eigenvalue weighted by molar-refractivity contribution is 6.32. The number of halogens is 1. The number of rotatable bonds is 5. The van der Waals surface area contributed by atoms with Gasteiger partial charge in [-0.2, -0.15) is 0 Å². The Balaban J connectivity index is 0.00000127. The maximum absolute atomic E-state index is 12.4. The third kappa shape index (κ3) is 4.84. The molecule has 1 aromatic carbocycles. The fourth-order valence-electron chi connectivity index (χ4n) is 2.41. The first-order valence-corrected chi connectivity index (χ1v) is 8.54. The summed E-state index contributed by atoms with van der Waals surface area (Å²) >= 11 is 6.08. The molecule has 0 unspecified atom stereocenters. The van der Waals surface area contributed by atoms with Crippen LogP contribution in [0.4, 0.5) is 0 Å². The Morgan fingerprint density at radius 3 is 2.26 bits per heavy atom. The summed E-state index contributed by atoms with van der Waals surface area (Å²) in [5.74, 6) is 0. The monoisotopic (exact) mass is 331 g/mol. The van der Waals surface area contributed by atoms with Gasteiger partial charge in [0, 0.05) is 5.69 Å². The summed E-state index contributed by atoms with van der Waals surface area (Å²) in [5, 5.41) is 0.460. The molecule has 1 heterocycles. The lowest BCUT2D eigenvalue weighted by Crippen LogP contribution is -2.25. The highest BCUT2D eigenvalue weighted by Crippen LogP contribution is 2.16. The SMILES string of the molecule is C=Cc1c(Cl)cc(C)n(Cc2ccc(CCC)cc2)c1=O.CC. The molecule has 0 fully saturated rings. The molecule has 0 aliphatic rings. The van der Waals surface area contributed by atoms with Crippen LogP contribution in [-0.4, -0.2) is 4.57 Å². The van der Waals surface area contributed by atoms with Crippen molar-refractivity contribution in [2.75, 3.05) is 0 Å². The minimum Gasteiger partial charge on any atom is -0.308 e. The van der Waals surface area contributed by atoms with Crippen molar-refractivity contribution in [3.8, 4) is 0 Å². The Labute approximate surface area is 144 Å². The molecule has 2 aromatic rings. The van der Waals surface area contributed by atoms with E-state index in [4.69, 9.17) is 11.6 Å². The van der Waals surface area contributed by atoms with E-state index in [0.29, 0.717) is 17.1 Å². The fraction of sp³-hybridized carbons (Fsp3) is 0.350. The predicted molar refractivity (Wildman–Crippen MR) is 101 cm³/mol. The van der Waals surface area contributed by atoms with Gasteiger partial charge in [0.05, 0.1) is 17.1 Å². The summed E-state index contributed by atoms with van der Waals surface area (Å²) < 4.78 is 1.73. The van der Waals surface area contributed by atoms with Crippen molar-refractivity contribution >= 4 is 17.7 Å². The quantitative estimate of drug-likeness (QED) is 0.711. The van der Waals surface area contributed by atoms with Crippen molar-refractivity contribution < 1.29 is 0 Å². The first kappa shape index (κ1) is 19.2. The molecular weight excluding hydrogens is 306 g/mol. The second kappa shape index (κ2) is 9.36. The molecule has 124 valence electrons. The Bertz CT molecular complexity index is 699.